The van der Waals surface area contributed by atoms with Crippen molar-refractivity contribution in [2.24, 2.45) is 0 Å². The molecular weight excluding hydrogens is 468 g/mol. The van der Waals surface area contributed by atoms with Gasteiger partial charge >= 0.3 is 5.97 Å². The number of esters is 1. The highest BCUT2D eigenvalue weighted by atomic mass is 35.5. The van der Waals surface area contributed by atoms with Crippen LogP contribution in [0, 0.1) is 0 Å². The molecule has 178 valence electrons. The van der Waals surface area contributed by atoms with Crippen LogP contribution in [0.5, 0.6) is 5.75 Å². The fraction of sp³-hybridized carbons (Fsp3) is 0.304. The predicted octanol–water partition coefficient (Wildman–Crippen LogP) is 3.80. The molecule has 0 aliphatic rings. The fourth-order valence-electron chi connectivity index (χ4n) is 2.84. The number of carbonyl (C=O) groups excluding carboxylic acids is 2. The summed E-state index contributed by atoms with van der Waals surface area (Å²) in [5, 5.41) is 2.63. The van der Waals surface area contributed by atoms with Crippen LogP contribution in [-0.2, 0) is 19.6 Å². The monoisotopic (exact) mass is 494 g/mol. The van der Waals surface area contributed by atoms with Crippen molar-refractivity contribution in [2.75, 3.05) is 18.0 Å². The zero-order valence-corrected chi connectivity index (χ0v) is 20.4. The van der Waals surface area contributed by atoms with Gasteiger partial charge in [-0.2, -0.15) is 0 Å². The van der Waals surface area contributed by atoms with Gasteiger partial charge in [0.05, 0.1) is 34.8 Å². The lowest BCUT2D eigenvalue weighted by Gasteiger charge is -2.24. The number of methoxy groups -OCH3 is 1. The third-order valence-corrected chi connectivity index (χ3v) is 6.60. The van der Waals surface area contributed by atoms with Crippen LogP contribution in [-0.4, -0.2) is 46.1 Å². The number of halogens is 1. The molecule has 0 spiro atoms. The molecule has 2 rings (SSSR count). The summed E-state index contributed by atoms with van der Waals surface area (Å²) < 4.78 is 38.3. The highest BCUT2D eigenvalue weighted by Gasteiger charge is 2.27. The summed E-state index contributed by atoms with van der Waals surface area (Å²) in [6.45, 7) is 8.58. The Morgan fingerprint density at radius 3 is 2.33 bits per heavy atom. The van der Waals surface area contributed by atoms with E-state index in [1.807, 2.05) is 0 Å². The number of nitrogens with zero attached hydrogens (tertiary/aromatic N) is 1. The Morgan fingerprint density at radius 2 is 1.79 bits per heavy atom. The van der Waals surface area contributed by atoms with Gasteiger partial charge in [0.25, 0.3) is 15.9 Å². The molecule has 0 radical (unpaired) electrons. The van der Waals surface area contributed by atoms with E-state index in [1.54, 1.807) is 38.1 Å². The lowest BCUT2D eigenvalue weighted by molar-refractivity contribution is -0.129. The van der Waals surface area contributed by atoms with E-state index in [4.69, 9.17) is 21.1 Å². The van der Waals surface area contributed by atoms with Gasteiger partial charge in [0.15, 0.2) is 6.10 Å². The van der Waals surface area contributed by atoms with Gasteiger partial charge in [-0.1, -0.05) is 17.7 Å². The molecule has 0 fully saturated rings. The second kappa shape index (κ2) is 11.2. The van der Waals surface area contributed by atoms with Crippen molar-refractivity contribution in [1.82, 2.24) is 5.32 Å². The van der Waals surface area contributed by atoms with E-state index in [0.717, 1.165) is 10.4 Å². The minimum atomic E-state index is -4.09. The second-order valence-corrected chi connectivity index (χ2v) is 9.64. The number of anilines is 1. The summed E-state index contributed by atoms with van der Waals surface area (Å²) in [5.41, 5.74) is 0.212. The fourth-order valence-corrected chi connectivity index (χ4v) is 4.49. The van der Waals surface area contributed by atoms with Crippen molar-refractivity contribution < 1.29 is 27.5 Å². The Balaban J connectivity index is 2.38. The van der Waals surface area contributed by atoms with Crippen LogP contribution in [0.2, 0.25) is 5.02 Å². The first-order valence-corrected chi connectivity index (χ1v) is 11.9. The summed E-state index contributed by atoms with van der Waals surface area (Å²) in [4.78, 5) is 24.5. The van der Waals surface area contributed by atoms with Gasteiger partial charge in [0.1, 0.15) is 5.75 Å². The lowest BCUT2D eigenvalue weighted by Crippen LogP contribution is -2.39. The molecule has 1 N–H and O–H groups in total. The molecule has 1 unspecified atom stereocenters. The Hall–Kier alpha value is -3.04. The molecule has 10 heteroatoms. The zero-order valence-electron chi connectivity index (χ0n) is 18.9. The molecule has 2 aromatic rings. The molecule has 0 aliphatic heterocycles. The molecule has 33 heavy (non-hydrogen) atoms. The number of hydrogen-bond donors (Lipinski definition) is 1. The van der Waals surface area contributed by atoms with E-state index < -0.39 is 28.0 Å². The largest absolute Gasteiger partial charge is 0.497 e. The van der Waals surface area contributed by atoms with E-state index in [2.05, 4.69) is 11.9 Å². The number of nitrogens with one attached hydrogen (secondary N) is 1. The Labute approximate surface area is 199 Å². The van der Waals surface area contributed by atoms with Gasteiger partial charge in [-0.3, -0.25) is 9.10 Å². The molecule has 1 atom stereocenters. The highest BCUT2D eigenvalue weighted by molar-refractivity contribution is 7.92. The van der Waals surface area contributed by atoms with Crippen LogP contribution in [0.15, 0.2) is 60.0 Å². The van der Waals surface area contributed by atoms with Gasteiger partial charge in [-0.05, 0) is 63.2 Å². The molecule has 0 aliphatic carbocycles. The first kappa shape index (κ1) is 26.2. The summed E-state index contributed by atoms with van der Waals surface area (Å²) in [7, 11) is -2.58. The summed E-state index contributed by atoms with van der Waals surface area (Å²) in [5.74, 6) is -0.820. The molecule has 8 nitrogen and oxygen atoms in total. The van der Waals surface area contributed by atoms with Gasteiger partial charge < -0.3 is 14.8 Å². The summed E-state index contributed by atoms with van der Waals surface area (Å²) >= 11 is 6.14. The predicted molar refractivity (Wildman–Crippen MR) is 127 cm³/mol. The van der Waals surface area contributed by atoms with E-state index in [9.17, 15) is 18.0 Å². The number of carbonyl (C=O) groups is 2. The number of rotatable bonds is 10. The van der Waals surface area contributed by atoms with Crippen molar-refractivity contribution in [3.05, 3.63) is 65.7 Å². The van der Waals surface area contributed by atoms with Crippen molar-refractivity contribution in [2.45, 2.75) is 37.8 Å². The molecule has 2 aromatic carbocycles. The van der Waals surface area contributed by atoms with Gasteiger partial charge in [0.2, 0.25) is 0 Å². The first-order chi connectivity index (χ1) is 15.5. The van der Waals surface area contributed by atoms with Gasteiger partial charge in [0, 0.05) is 6.04 Å². The van der Waals surface area contributed by atoms with Gasteiger partial charge in [-0.25, -0.2) is 13.2 Å². The molecule has 0 bridgehead atoms. The smallest absolute Gasteiger partial charge is 0.340 e. The highest BCUT2D eigenvalue weighted by Crippen LogP contribution is 2.28. The molecule has 0 saturated heterocycles. The van der Waals surface area contributed by atoms with Crippen LogP contribution < -0.4 is 14.4 Å². The molecular formula is C23H27ClN2O6S. The first-order valence-electron chi connectivity index (χ1n) is 10.1. The minimum Gasteiger partial charge on any atom is -0.497 e. The summed E-state index contributed by atoms with van der Waals surface area (Å²) in [6.07, 6.45) is 0.356. The van der Waals surface area contributed by atoms with Crippen molar-refractivity contribution >= 4 is 39.2 Å². The number of benzene rings is 2. The lowest BCUT2D eigenvalue weighted by atomic mass is 10.2. The van der Waals surface area contributed by atoms with Crippen LogP contribution in [0.25, 0.3) is 0 Å². The quantitative estimate of drug-likeness (QED) is 0.398. The van der Waals surface area contributed by atoms with E-state index >= 15 is 0 Å². The van der Waals surface area contributed by atoms with Crippen molar-refractivity contribution in [1.29, 1.82) is 0 Å². The number of hydrogen-bond acceptors (Lipinski definition) is 6. The minimum absolute atomic E-state index is 0.00450. The van der Waals surface area contributed by atoms with Crippen molar-refractivity contribution in [3.8, 4) is 5.75 Å². The maximum absolute atomic E-state index is 13.4. The molecule has 1 amide bonds. The number of sulfonamides is 1. The molecule has 0 aromatic heterocycles. The van der Waals surface area contributed by atoms with Crippen LogP contribution >= 0.6 is 11.6 Å². The maximum atomic E-state index is 13.4. The normalized spacial score (nSPS) is 12.1. The SMILES string of the molecule is C=CCN(c1ccc(OC)cc1)S(=O)(=O)c1ccc(Cl)c(C(=O)OC(C)C(=O)NC(C)C)c1. The third-order valence-electron chi connectivity index (χ3n) is 4.49. The van der Waals surface area contributed by atoms with Crippen LogP contribution in [0.3, 0.4) is 0 Å². The van der Waals surface area contributed by atoms with Crippen LogP contribution in [0.1, 0.15) is 31.1 Å². The topological polar surface area (TPSA) is 102 Å². The Morgan fingerprint density at radius 1 is 1.15 bits per heavy atom. The average Bonchev–Trinajstić information content (AvgIpc) is 2.77. The van der Waals surface area contributed by atoms with Crippen molar-refractivity contribution in [3.63, 3.8) is 0 Å². The zero-order chi connectivity index (χ0) is 24.8. The van der Waals surface area contributed by atoms with E-state index in [0.29, 0.717) is 11.4 Å². The van der Waals surface area contributed by atoms with E-state index in [1.165, 1.54) is 32.2 Å². The maximum Gasteiger partial charge on any atom is 0.340 e. The van der Waals surface area contributed by atoms with Crippen LogP contribution in [0.4, 0.5) is 5.69 Å². The Kier molecular flexibility index (Phi) is 8.90. The standard InChI is InChI=1S/C23H27ClN2O6S/c1-6-13-26(17-7-9-18(31-5)10-8-17)33(29,30)19-11-12-21(24)20(14-19)23(28)32-16(4)22(27)25-15(2)3/h6-12,14-16H,1,13H2,2-5H3,(H,25,27). The molecule has 0 saturated carbocycles. The average molecular weight is 495 g/mol. The number of ether oxygens (including phenoxy) is 2. The molecule has 0 heterocycles. The second-order valence-electron chi connectivity index (χ2n) is 7.38. The van der Waals surface area contributed by atoms with E-state index in [-0.39, 0.29) is 28.1 Å². The Bertz CT molecular complexity index is 1120. The summed E-state index contributed by atoms with van der Waals surface area (Å²) in [6, 6.07) is 10.0. The van der Waals surface area contributed by atoms with Gasteiger partial charge in [-0.15, -0.1) is 6.58 Å². The number of amides is 1. The third kappa shape index (κ3) is 6.49.